The lowest BCUT2D eigenvalue weighted by molar-refractivity contribution is -0.123. The van der Waals surface area contributed by atoms with Crippen LogP contribution in [0.15, 0.2) is 48.5 Å². The van der Waals surface area contributed by atoms with E-state index in [1.54, 1.807) is 20.8 Å². The van der Waals surface area contributed by atoms with Gasteiger partial charge in [-0.25, -0.2) is 13.6 Å². The monoisotopic (exact) mass is 519 g/mol. The highest BCUT2D eigenvalue weighted by molar-refractivity contribution is 5.82. The third-order valence-corrected chi connectivity index (χ3v) is 5.26. The fraction of sp³-hybridized carbons (Fsp3) is 0.500. The third kappa shape index (κ3) is 11.7. The summed E-state index contributed by atoms with van der Waals surface area (Å²) in [4.78, 5) is 26.9. The molecule has 0 aliphatic rings. The minimum absolute atomic E-state index is 0.00338. The van der Waals surface area contributed by atoms with Gasteiger partial charge in [0.1, 0.15) is 17.2 Å². The Labute approximate surface area is 218 Å². The molecule has 0 aromatic heterocycles. The number of amides is 2. The molecule has 2 amide bonds. The van der Waals surface area contributed by atoms with Gasteiger partial charge in [-0.05, 0) is 56.4 Å². The van der Waals surface area contributed by atoms with E-state index < -0.39 is 35.5 Å². The van der Waals surface area contributed by atoms with Gasteiger partial charge >= 0.3 is 6.09 Å². The van der Waals surface area contributed by atoms with Crippen LogP contribution in [0.5, 0.6) is 0 Å². The lowest BCUT2D eigenvalue weighted by atomic mass is 10.0. The molecule has 0 unspecified atom stereocenters. The zero-order chi connectivity index (χ0) is 27.6. The maximum Gasteiger partial charge on any atom is 0.410 e. The summed E-state index contributed by atoms with van der Waals surface area (Å²) in [5.41, 5.74) is 0.373. The van der Waals surface area contributed by atoms with Gasteiger partial charge in [0.05, 0.1) is 18.7 Å². The number of hydrogen-bond acceptors (Lipinski definition) is 5. The van der Waals surface area contributed by atoms with Crippen LogP contribution in [0.4, 0.5) is 13.6 Å². The van der Waals surface area contributed by atoms with E-state index in [0.717, 1.165) is 23.8 Å². The molecule has 204 valence electrons. The normalized spacial score (nSPS) is 13.2. The van der Waals surface area contributed by atoms with Gasteiger partial charge in [-0.15, -0.1) is 0 Å². The molecule has 2 atom stereocenters. The fourth-order valence-electron chi connectivity index (χ4n) is 3.59. The Hall–Kier alpha value is -3.04. The van der Waals surface area contributed by atoms with Gasteiger partial charge in [0.15, 0.2) is 0 Å². The highest BCUT2D eigenvalue weighted by Crippen LogP contribution is 2.15. The molecule has 0 heterocycles. The number of ether oxygens (including phenoxy) is 1. The summed E-state index contributed by atoms with van der Waals surface area (Å²) in [6.07, 6.45) is -1.40. The molecule has 2 rings (SSSR count). The van der Waals surface area contributed by atoms with E-state index in [1.807, 2.05) is 44.2 Å². The van der Waals surface area contributed by atoms with Gasteiger partial charge in [-0.3, -0.25) is 4.79 Å². The van der Waals surface area contributed by atoms with Crippen molar-refractivity contribution in [1.82, 2.24) is 15.5 Å². The predicted octanol–water partition coefficient (Wildman–Crippen LogP) is 4.04. The summed E-state index contributed by atoms with van der Waals surface area (Å²) in [5.74, 6) is -1.44. The van der Waals surface area contributed by atoms with Crippen LogP contribution in [-0.2, 0) is 22.5 Å². The van der Waals surface area contributed by atoms with Gasteiger partial charge < -0.3 is 25.4 Å². The zero-order valence-corrected chi connectivity index (χ0v) is 22.3. The number of benzene rings is 2. The van der Waals surface area contributed by atoms with Crippen molar-refractivity contribution in [3.05, 3.63) is 71.3 Å². The van der Waals surface area contributed by atoms with E-state index >= 15 is 0 Å². The summed E-state index contributed by atoms with van der Waals surface area (Å²) < 4.78 is 32.9. The molecule has 3 N–H and O–H groups in total. The minimum Gasteiger partial charge on any atom is -0.444 e. The van der Waals surface area contributed by atoms with Crippen molar-refractivity contribution in [3.8, 4) is 0 Å². The Morgan fingerprint density at radius 1 is 1.00 bits per heavy atom. The molecule has 0 aliphatic heterocycles. The molecule has 0 aliphatic carbocycles. The van der Waals surface area contributed by atoms with Crippen LogP contribution in [0, 0.1) is 17.6 Å². The first-order valence-electron chi connectivity index (χ1n) is 12.5. The number of nitrogens with one attached hydrogen (secondary N) is 2. The molecular formula is C28H39F2N3O4. The largest absolute Gasteiger partial charge is 0.444 e. The zero-order valence-electron chi connectivity index (χ0n) is 22.3. The molecule has 0 bridgehead atoms. The number of hydrogen-bond donors (Lipinski definition) is 3. The van der Waals surface area contributed by atoms with Gasteiger partial charge in [0.2, 0.25) is 5.91 Å². The van der Waals surface area contributed by atoms with Crippen molar-refractivity contribution in [3.63, 3.8) is 0 Å². The van der Waals surface area contributed by atoms with Crippen LogP contribution < -0.4 is 10.6 Å². The third-order valence-electron chi connectivity index (χ3n) is 5.26. The van der Waals surface area contributed by atoms with Crippen LogP contribution in [0.25, 0.3) is 0 Å². The summed E-state index contributed by atoms with van der Waals surface area (Å²) in [5, 5.41) is 16.8. The standard InChI is InChI=1S/C28H39F2N3O4/c1-19(2)15-32-26(35)25(13-20-9-7-6-8-10-20)31-16-24(34)18-33(27(36)37-28(3,4)5)17-21-11-22(29)14-23(30)12-21/h6-12,14,19,24-25,31,34H,13,15-18H2,1-5H3,(H,32,35)/t24-,25+/m1/s1. The second-order valence-electron chi connectivity index (χ2n) is 10.6. The number of carbonyl (C=O) groups is 2. The maximum absolute atomic E-state index is 13.7. The van der Waals surface area contributed by atoms with Crippen molar-refractivity contribution in [1.29, 1.82) is 0 Å². The van der Waals surface area contributed by atoms with E-state index in [4.69, 9.17) is 4.74 Å². The SMILES string of the molecule is CC(C)CNC(=O)[C@H](Cc1ccccc1)NC[C@@H](O)CN(Cc1cc(F)cc(F)c1)C(=O)OC(C)(C)C. The Balaban J connectivity index is 2.11. The number of aliphatic hydroxyl groups excluding tert-OH is 1. The van der Waals surface area contributed by atoms with Crippen molar-refractivity contribution in [2.45, 2.75) is 65.3 Å². The molecule has 0 saturated carbocycles. The number of halogens is 2. The Morgan fingerprint density at radius 3 is 2.19 bits per heavy atom. The van der Waals surface area contributed by atoms with E-state index in [2.05, 4.69) is 10.6 Å². The van der Waals surface area contributed by atoms with E-state index in [0.29, 0.717) is 13.0 Å². The van der Waals surface area contributed by atoms with Crippen molar-refractivity contribution in [2.75, 3.05) is 19.6 Å². The Kier molecular flexibility index (Phi) is 11.5. The molecule has 37 heavy (non-hydrogen) atoms. The molecule has 0 radical (unpaired) electrons. The number of carbonyl (C=O) groups excluding carboxylic acids is 2. The Bertz CT molecular complexity index is 992. The molecule has 9 heteroatoms. The lowest BCUT2D eigenvalue weighted by Crippen LogP contribution is -2.50. The van der Waals surface area contributed by atoms with Crippen LogP contribution in [-0.4, -0.2) is 59.4 Å². The van der Waals surface area contributed by atoms with Gasteiger partial charge in [-0.2, -0.15) is 0 Å². The average molecular weight is 520 g/mol. The predicted molar refractivity (Wildman–Crippen MR) is 139 cm³/mol. The first-order valence-corrected chi connectivity index (χ1v) is 12.5. The second kappa shape index (κ2) is 14.0. The first kappa shape index (κ1) is 30.2. The van der Waals surface area contributed by atoms with Crippen LogP contribution in [0.2, 0.25) is 0 Å². The van der Waals surface area contributed by atoms with Gasteiger partial charge in [0.25, 0.3) is 0 Å². The minimum atomic E-state index is -1.08. The fourth-order valence-corrected chi connectivity index (χ4v) is 3.59. The summed E-state index contributed by atoms with van der Waals surface area (Å²) in [6.45, 7) is 9.29. The summed E-state index contributed by atoms with van der Waals surface area (Å²) >= 11 is 0. The number of rotatable bonds is 12. The van der Waals surface area contributed by atoms with Crippen LogP contribution >= 0.6 is 0 Å². The maximum atomic E-state index is 13.7. The number of nitrogens with zero attached hydrogens (tertiary/aromatic N) is 1. The molecule has 0 saturated heterocycles. The molecule has 0 fully saturated rings. The average Bonchev–Trinajstić information content (AvgIpc) is 2.78. The molecule has 7 nitrogen and oxygen atoms in total. The summed E-state index contributed by atoms with van der Waals surface area (Å²) in [6, 6.07) is 11.9. The van der Waals surface area contributed by atoms with E-state index in [1.165, 1.54) is 4.90 Å². The lowest BCUT2D eigenvalue weighted by Gasteiger charge is -2.29. The number of aliphatic hydroxyl groups is 1. The van der Waals surface area contributed by atoms with Crippen LogP contribution in [0.3, 0.4) is 0 Å². The quantitative estimate of drug-likeness (QED) is 0.394. The molecule has 0 spiro atoms. The molecule has 2 aromatic carbocycles. The smallest absolute Gasteiger partial charge is 0.410 e. The first-order chi connectivity index (χ1) is 17.3. The Morgan fingerprint density at radius 2 is 1.62 bits per heavy atom. The van der Waals surface area contributed by atoms with E-state index in [9.17, 15) is 23.5 Å². The van der Waals surface area contributed by atoms with Crippen LogP contribution in [0.1, 0.15) is 45.7 Å². The van der Waals surface area contributed by atoms with Gasteiger partial charge in [-0.1, -0.05) is 44.2 Å². The van der Waals surface area contributed by atoms with Crippen molar-refractivity contribution in [2.24, 2.45) is 5.92 Å². The van der Waals surface area contributed by atoms with Crippen molar-refractivity contribution >= 4 is 12.0 Å². The highest BCUT2D eigenvalue weighted by Gasteiger charge is 2.26. The molecular weight excluding hydrogens is 480 g/mol. The highest BCUT2D eigenvalue weighted by atomic mass is 19.1. The van der Waals surface area contributed by atoms with E-state index in [-0.39, 0.29) is 37.0 Å². The summed E-state index contributed by atoms with van der Waals surface area (Å²) in [7, 11) is 0. The topological polar surface area (TPSA) is 90.9 Å². The molecule has 2 aromatic rings. The second-order valence-corrected chi connectivity index (χ2v) is 10.6. The van der Waals surface area contributed by atoms with Crippen molar-refractivity contribution < 1.29 is 28.2 Å². The van der Waals surface area contributed by atoms with Gasteiger partial charge in [0, 0.05) is 25.7 Å².